The van der Waals surface area contributed by atoms with E-state index in [4.69, 9.17) is 0 Å². The van der Waals surface area contributed by atoms with Crippen LogP contribution >= 0.6 is 0 Å². The molecule has 0 heterocycles. The molecular formula is C26H34FN3O3S. The van der Waals surface area contributed by atoms with Gasteiger partial charge in [0.15, 0.2) is 0 Å². The number of sulfonamides is 1. The first-order valence-corrected chi connectivity index (χ1v) is 12.9. The Labute approximate surface area is 202 Å². The first kappa shape index (κ1) is 27.1. The van der Waals surface area contributed by atoms with E-state index in [2.05, 4.69) is 68.7 Å². The van der Waals surface area contributed by atoms with Crippen LogP contribution in [0, 0.1) is 5.82 Å². The van der Waals surface area contributed by atoms with Gasteiger partial charge in [-0.05, 0) is 60.2 Å². The van der Waals surface area contributed by atoms with Crippen molar-refractivity contribution < 1.29 is 17.6 Å². The van der Waals surface area contributed by atoms with Gasteiger partial charge in [-0.15, -0.1) is 0 Å². The minimum Gasteiger partial charge on any atom is -0.382 e. The molecule has 0 spiro atoms. The van der Waals surface area contributed by atoms with Gasteiger partial charge in [0.25, 0.3) is 0 Å². The standard InChI is InChI=1S/C26H34FN3O3S/c1-8-19-13-18(14-22(27)25(19)30-34(7,32)33)16-28-24(31)12-10-20-9-11-21(26(4,5)6)15-23(20)29-17(2)3/h8-15,17,29-30H,1,16H2,2-7H3,(H,28,31)/b12-10+. The number of nitrogens with one attached hydrogen (secondary N) is 3. The molecule has 0 saturated carbocycles. The van der Waals surface area contributed by atoms with Crippen LogP contribution in [0.2, 0.25) is 0 Å². The van der Waals surface area contributed by atoms with Gasteiger partial charge in [0.05, 0.1) is 11.9 Å². The Bertz CT molecular complexity index is 1200. The van der Waals surface area contributed by atoms with E-state index in [0.29, 0.717) is 5.56 Å². The molecule has 2 aromatic rings. The zero-order chi connectivity index (χ0) is 25.7. The van der Waals surface area contributed by atoms with Gasteiger partial charge in [-0.1, -0.05) is 45.6 Å². The van der Waals surface area contributed by atoms with E-state index in [0.717, 1.165) is 17.5 Å². The average Bonchev–Trinajstić information content (AvgIpc) is 2.70. The minimum absolute atomic E-state index is 0.00101. The van der Waals surface area contributed by atoms with E-state index < -0.39 is 15.8 Å². The van der Waals surface area contributed by atoms with Crippen LogP contribution in [0.1, 0.15) is 56.9 Å². The lowest BCUT2D eigenvalue weighted by Crippen LogP contribution is -2.21. The molecule has 6 nitrogen and oxygen atoms in total. The maximum absolute atomic E-state index is 14.5. The first-order chi connectivity index (χ1) is 15.7. The molecule has 0 bridgehead atoms. The lowest BCUT2D eigenvalue weighted by atomic mass is 9.86. The Balaban J connectivity index is 2.17. The quantitative estimate of drug-likeness (QED) is 0.420. The number of amides is 1. The van der Waals surface area contributed by atoms with Gasteiger partial charge in [-0.3, -0.25) is 9.52 Å². The van der Waals surface area contributed by atoms with Gasteiger partial charge in [0.2, 0.25) is 15.9 Å². The minimum atomic E-state index is -3.65. The molecule has 2 rings (SSSR count). The highest BCUT2D eigenvalue weighted by atomic mass is 32.2. The van der Waals surface area contributed by atoms with E-state index in [1.54, 1.807) is 12.1 Å². The largest absolute Gasteiger partial charge is 0.382 e. The van der Waals surface area contributed by atoms with E-state index in [1.165, 1.54) is 23.8 Å². The maximum atomic E-state index is 14.5. The molecule has 0 saturated heterocycles. The summed E-state index contributed by atoms with van der Waals surface area (Å²) in [6.07, 6.45) is 5.47. The summed E-state index contributed by atoms with van der Waals surface area (Å²) in [4.78, 5) is 12.4. The lowest BCUT2D eigenvalue weighted by Gasteiger charge is -2.22. The van der Waals surface area contributed by atoms with Crippen LogP contribution in [-0.2, 0) is 26.8 Å². The predicted octanol–water partition coefficient (Wildman–Crippen LogP) is 5.29. The van der Waals surface area contributed by atoms with Crippen LogP contribution in [0.25, 0.3) is 12.2 Å². The number of benzene rings is 2. The SMILES string of the molecule is C=Cc1cc(CNC(=O)/C=C/c2ccc(C(C)(C)C)cc2NC(C)C)cc(F)c1NS(C)(=O)=O. The normalized spacial score (nSPS) is 12.1. The summed E-state index contributed by atoms with van der Waals surface area (Å²) in [7, 11) is -3.65. The van der Waals surface area contributed by atoms with Crippen molar-refractivity contribution in [1.29, 1.82) is 0 Å². The van der Waals surface area contributed by atoms with Crippen LogP contribution in [0.3, 0.4) is 0 Å². The zero-order valence-corrected chi connectivity index (χ0v) is 21.4. The molecule has 184 valence electrons. The molecule has 0 aliphatic carbocycles. The lowest BCUT2D eigenvalue weighted by molar-refractivity contribution is -0.116. The molecule has 8 heteroatoms. The molecule has 34 heavy (non-hydrogen) atoms. The molecule has 0 aliphatic rings. The van der Waals surface area contributed by atoms with Crippen molar-refractivity contribution >= 4 is 39.5 Å². The van der Waals surface area contributed by atoms with Crippen molar-refractivity contribution in [2.45, 2.75) is 52.6 Å². The smallest absolute Gasteiger partial charge is 0.244 e. The molecule has 3 N–H and O–H groups in total. The summed E-state index contributed by atoms with van der Waals surface area (Å²) < 4.78 is 39.6. The highest BCUT2D eigenvalue weighted by molar-refractivity contribution is 7.92. The Hall–Kier alpha value is -3.13. The van der Waals surface area contributed by atoms with Crippen molar-refractivity contribution in [2.75, 3.05) is 16.3 Å². The van der Waals surface area contributed by atoms with E-state index >= 15 is 0 Å². The zero-order valence-electron chi connectivity index (χ0n) is 20.6. The third-order valence-electron chi connectivity index (χ3n) is 4.93. The van der Waals surface area contributed by atoms with Crippen molar-refractivity contribution in [3.05, 3.63) is 71.1 Å². The molecule has 0 fully saturated rings. The van der Waals surface area contributed by atoms with Gasteiger partial charge in [0.1, 0.15) is 5.82 Å². The fourth-order valence-electron chi connectivity index (χ4n) is 3.26. The second-order valence-electron chi connectivity index (χ2n) is 9.52. The van der Waals surface area contributed by atoms with Crippen LogP contribution in [0.4, 0.5) is 15.8 Å². The number of carbonyl (C=O) groups is 1. The predicted molar refractivity (Wildman–Crippen MR) is 140 cm³/mol. The molecule has 0 radical (unpaired) electrons. The molecule has 0 aliphatic heterocycles. The second-order valence-corrected chi connectivity index (χ2v) is 11.3. The fraction of sp³-hybridized carbons (Fsp3) is 0.346. The number of hydrogen-bond donors (Lipinski definition) is 3. The number of anilines is 2. The van der Waals surface area contributed by atoms with E-state index in [1.807, 2.05) is 6.07 Å². The summed E-state index contributed by atoms with van der Waals surface area (Å²) >= 11 is 0. The van der Waals surface area contributed by atoms with Crippen LogP contribution in [-0.4, -0.2) is 26.6 Å². The van der Waals surface area contributed by atoms with Crippen molar-refractivity contribution in [3.63, 3.8) is 0 Å². The molecular weight excluding hydrogens is 453 g/mol. The van der Waals surface area contributed by atoms with Gasteiger partial charge in [-0.2, -0.15) is 0 Å². The monoisotopic (exact) mass is 487 g/mol. The summed E-state index contributed by atoms with van der Waals surface area (Å²) in [6.45, 7) is 14.2. The third-order valence-corrected chi connectivity index (χ3v) is 5.51. The van der Waals surface area contributed by atoms with Crippen molar-refractivity contribution in [3.8, 4) is 0 Å². The molecule has 0 aromatic heterocycles. The van der Waals surface area contributed by atoms with Gasteiger partial charge >= 0.3 is 0 Å². The first-order valence-electron chi connectivity index (χ1n) is 11.0. The van der Waals surface area contributed by atoms with E-state index in [9.17, 15) is 17.6 Å². The summed E-state index contributed by atoms with van der Waals surface area (Å²) in [5.74, 6) is -1.08. The third kappa shape index (κ3) is 8.02. The molecule has 0 atom stereocenters. The van der Waals surface area contributed by atoms with Crippen LogP contribution in [0.5, 0.6) is 0 Å². The highest BCUT2D eigenvalue weighted by Gasteiger charge is 2.16. The number of halogens is 1. The Kier molecular flexibility index (Phi) is 8.66. The molecule has 0 unspecified atom stereocenters. The van der Waals surface area contributed by atoms with Gasteiger partial charge in [0, 0.05) is 29.9 Å². The van der Waals surface area contributed by atoms with Crippen molar-refractivity contribution in [2.24, 2.45) is 0 Å². The topological polar surface area (TPSA) is 87.3 Å². The van der Waals surface area contributed by atoms with Crippen molar-refractivity contribution in [1.82, 2.24) is 5.32 Å². The average molecular weight is 488 g/mol. The van der Waals surface area contributed by atoms with E-state index in [-0.39, 0.29) is 35.2 Å². The molecule has 2 aromatic carbocycles. The Morgan fingerprint density at radius 1 is 1.15 bits per heavy atom. The number of rotatable bonds is 9. The Morgan fingerprint density at radius 3 is 2.38 bits per heavy atom. The number of hydrogen-bond acceptors (Lipinski definition) is 4. The van der Waals surface area contributed by atoms with Gasteiger partial charge in [-0.25, -0.2) is 12.8 Å². The van der Waals surface area contributed by atoms with Gasteiger partial charge < -0.3 is 10.6 Å². The molecule has 1 amide bonds. The maximum Gasteiger partial charge on any atom is 0.244 e. The van der Waals surface area contributed by atoms with Crippen LogP contribution < -0.4 is 15.4 Å². The Morgan fingerprint density at radius 2 is 1.82 bits per heavy atom. The number of carbonyl (C=O) groups excluding carboxylic acids is 1. The van der Waals surface area contributed by atoms with Crippen LogP contribution in [0.15, 0.2) is 43.0 Å². The highest BCUT2D eigenvalue weighted by Crippen LogP contribution is 2.28. The summed E-state index contributed by atoms with van der Waals surface area (Å²) in [5, 5.41) is 6.15. The summed E-state index contributed by atoms with van der Waals surface area (Å²) in [5.41, 5.74) is 3.60. The fourth-order valence-corrected chi connectivity index (χ4v) is 3.85. The summed E-state index contributed by atoms with van der Waals surface area (Å²) in [6, 6.07) is 9.11. The second kappa shape index (κ2) is 10.9.